The molecule has 1 aromatic heterocycles. The normalized spacial score (nSPS) is 21.3. The van der Waals surface area contributed by atoms with Crippen molar-refractivity contribution >= 4 is 23.2 Å². The fourth-order valence-corrected chi connectivity index (χ4v) is 4.98. The first kappa shape index (κ1) is 20.2. The van der Waals surface area contributed by atoms with Crippen LogP contribution in [0.25, 0.3) is 11.4 Å². The molecule has 2 atom stereocenters. The molecule has 2 aromatic carbocycles. The van der Waals surface area contributed by atoms with Gasteiger partial charge in [0, 0.05) is 23.8 Å². The summed E-state index contributed by atoms with van der Waals surface area (Å²) in [7, 11) is 0. The number of aromatic nitrogens is 2. The van der Waals surface area contributed by atoms with Crippen LogP contribution in [0.1, 0.15) is 31.2 Å². The lowest BCUT2D eigenvalue weighted by Crippen LogP contribution is -2.46. The quantitative estimate of drug-likeness (QED) is 0.599. The minimum Gasteiger partial charge on any atom is -0.338 e. The minimum absolute atomic E-state index is 0.0201. The Balaban J connectivity index is 1.27. The Bertz CT molecular complexity index is 1100. The number of nitrogens with zero attached hydrogens (tertiary/aromatic N) is 4. The van der Waals surface area contributed by atoms with E-state index in [2.05, 4.69) is 34.1 Å². The number of benzene rings is 2. The van der Waals surface area contributed by atoms with Crippen LogP contribution < -0.4 is 4.90 Å². The molecule has 0 radical (unpaired) electrons. The molecule has 0 aliphatic carbocycles. The zero-order chi connectivity index (χ0) is 21.4. The summed E-state index contributed by atoms with van der Waals surface area (Å²) < 4.78 is 5.48. The van der Waals surface area contributed by atoms with E-state index in [1.165, 1.54) is 5.56 Å². The van der Waals surface area contributed by atoms with Gasteiger partial charge < -0.3 is 9.42 Å². The van der Waals surface area contributed by atoms with Gasteiger partial charge in [0.25, 0.3) is 0 Å². The smallest absolute Gasteiger partial charge is 0.241 e. The zero-order valence-corrected chi connectivity index (χ0v) is 18.3. The second-order valence-electron chi connectivity index (χ2n) is 8.46. The van der Waals surface area contributed by atoms with Crippen molar-refractivity contribution < 1.29 is 9.32 Å². The molecule has 0 N–H and O–H groups in total. The molecule has 31 heavy (non-hydrogen) atoms. The average Bonchev–Trinajstić information content (AvgIpc) is 3.37. The number of hydrogen-bond acceptors (Lipinski definition) is 5. The maximum Gasteiger partial charge on any atom is 0.241 e. The van der Waals surface area contributed by atoms with Crippen molar-refractivity contribution in [2.75, 3.05) is 18.0 Å². The van der Waals surface area contributed by atoms with Crippen molar-refractivity contribution in [3.63, 3.8) is 0 Å². The lowest BCUT2D eigenvalue weighted by atomic mass is 9.96. The number of para-hydroxylation sites is 1. The van der Waals surface area contributed by atoms with Crippen LogP contribution in [-0.2, 0) is 17.8 Å². The highest BCUT2D eigenvalue weighted by atomic mass is 35.5. The molecule has 2 aliphatic heterocycles. The summed E-state index contributed by atoms with van der Waals surface area (Å²) in [5, 5.41) is 4.69. The van der Waals surface area contributed by atoms with Gasteiger partial charge in [0.1, 0.15) is 0 Å². The molecule has 160 valence electrons. The Morgan fingerprint density at radius 3 is 2.87 bits per heavy atom. The maximum absolute atomic E-state index is 13.4. The van der Waals surface area contributed by atoms with Crippen molar-refractivity contribution in [1.82, 2.24) is 15.0 Å². The molecule has 5 rings (SSSR count). The number of halogens is 1. The van der Waals surface area contributed by atoms with Crippen LogP contribution in [0.4, 0.5) is 5.69 Å². The second kappa shape index (κ2) is 8.44. The fraction of sp³-hybridized carbons (Fsp3) is 0.375. The monoisotopic (exact) mass is 436 g/mol. The SMILES string of the molecule is CC1Cc2ccccc2N1C(=O)C1CCCN(Cc2nc(-c3ccccc3Cl)no2)C1. The molecule has 3 heterocycles. The highest BCUT2D eigenvalue weighted by molar-refractivity contribution is 6.33. The van der Waals surface area contributed by atoms with E-state index in [1.54, 1.807) is 0 Å². The maximum atomic E-state index is 13.4. The van der Waals surface area contributed by atoms with E-state index in [0.717, 1.165) is 37.1 Å². The van der Waals surface area contributed by atoms with Gasteiger partial charge in [-0.1, -0.05) is 47.1 Å². The Morgan fingerprint density at radius 2 is 2.00 bits per heavy atom. The fourth-order valence-electron chi connectivity index (χ4n) is 4.76. The molecule has 6 nitrogen and oxygen atoms in total. The van der Waals surface area contributed by atoms with Crippen LogP contribution in [0.2, 0.25) is 5.02 Å². The molecular formula is C24H25ClN4O2. The first-order chi connectivity index (χ1) is 15.1. The molecule has 2 unspecified atom stereocenters. The number of hydrogen-bond donors (Lipinski definition) is 0. The van der Waals surface area contributed by atoms with Crippen LogP contribution in [0.15, 0.2) is 53.1 Å². The van der Waals surface area contributed by atoms with E-state index in [9.17, 15) is 4.79 Å². The number of amides is 1. The first-order valence-corrected chi connectivity index (χ1v) is 11.2. The summed E-state index contributed by atoms with van der Waals surface area (Å²) in [6, 6.07) is 15.9. The third-order valence-electron chi connectivity index (χ3n) is 6.24. The van der Waals surface area contributed by atoms with E-state index in [0.29, 0.717) is 29.8 Å². The summed E-state index contributed by atoms with van der Waals surface area (Å²) in [5.41, 5.74) is 3.08. The Labute approximate surface area is 186 Å². The number of anilines is 1. The summed E-state index contributed by atoms with van der Waals surface area (Å²) in [6.45, 7) is 4.29. The molecule has 1 amide bonds. The summed E-state index contributed by atoms with van der Waals surface area (Å²) >= 11 is 6.25. The Hall–Kier alpha value is -2.70. The summed E-state index contributed by atoms with van der Waals surface area (Å²) in [6.07, 6.45) is 2.81. The van der Waals surface area contributed by atoms with Crippen molar-refractivity contribution in [3.05, 3.63) is 65.0 Å². The van der Waals surface area contributed by atoms with Crippen molar-refractivity contribution in [2.45, 2.75) is 38.8 Å². The van der Waals surface area contributed by atoms with E-state index >= 15 is 0 Å². The van der Waals surface area contributed by atoms with E-state index in [1.807, 2.05) is 41.3 Å². The van der Waals surface area contributed by atoms with Crippen LogP contribution in [0.3, 0.4) is 0 Å². The molecule has 2 aliphatic rings. The van der Waals surface area contributed by atoms with Gasteiger partial charge in [0.2, 0.25) is 17.6 Å². The van der Waals surface area contributed by atoms with Crippen LogP contribution in [0.5, 0.6) is 0 Å². The predicted octanol–water partition coefficient (Wildman–Crippen LogP) is 4.58. The third kappa shape index (κ3) is 3.98. The van der Waals surface area contributed by atoms with E-state index in [4.69, 9.17) is 16.1 Å². The minimum atomic E-state index is -0.0201. The van der Waals surface area contributed by atoms with Gasteiger partial charge in [-0.15, -0.1) is 0 Å². The third-order valence-corrected chi connectivity index (χ3v) is 6.57. The molecule has 1 saturated heterocycles. The zero-order valence-electron chi connectivity index (χ0n) is 17.5. The largest absolute Gasteiger partial charge is 0.338 e. The topological polar surface area (TPSA) is 62.5 Å². The highest BCUT2D eigenvalue weighted by Crippen LogP contribution is 2.34. The van der Waals surface area contributed by atoms with Gasteiger partial charge in [0.05, 0.1) is 17.5 Å². The average molecular weight is 437 g/mol. The molecule has 0 saturated carbocycles. The molecular weight excluding hydrogens is 412 g/mol. The van der Waals surface area contributed by atoms with Crippen LogP contribution in [0, 0.1) is 5.92 Å². The first-order valence-electron chi connectivity index (χ1n) is 10.8. The van der Waals surface area contributed by atoms with Crippen molar-refractivity contribution in [1.29, 1.82) is 0 Å². The van der Waals surface area contributed by atoms with Crippen molar-refractivity contribution in [3.8, 4) is 11.4 Å². The van der Waals surface area contributed by atoms with Gasteiger partial charge in [-0.2, -0.15) is 4.98 Å². The van der Waals surface area contributed by atoms with Gasteiger partial charge in [-0.3, -0.25) is 9.69 Å². The van der Waals surface area contributed by atoms with E-state index < -0.39 is 0 Å². The Morgan fingerprint density at radius 1 is 1.19 bits per heavy atom. The number of carbonyl (C=O) groups excluding carboxylic acids is 1. The predicted molar refractivity (Wildman–Crippen MR) is 120 cm³/mol. The Kier molecular flexibility index (Phi) is 5.50. The molecule has 1 fully saturated rings. The molecule has 7 heteroatoms. The number of carbonyl (C=O) groups is 1. The lowest BCUT2D eigenvalue weighted by molar-refractivity contribution is -0.124. The highest BCUT2D eigenvalue weighted by Gasteiger charge is 2.36. The molecule has 0 bridgehead atoms. The lowest BCUT2D eigenvalue weighted by Gasteiger charge is -2.34. The number of fused-ring (bicyclic) bond motifs is 1. The van der Waals surface area contributed by atoms with Gasteiger partial charge in [-0.25, -0.2) is 0 Å². The van der Waals surface area contributed by atoms with Gasteiger partial charge in [0.15, 0.2) is 0 Å². The summed E-state index contributed by atoms with van der Waals surface area (Å²) in [5.74, 6) is 1.24. The summed E-state index contributed by atoms with van der Waals surface area (Å²) in [4.78, 5) is 22.2. The van der Waals surface area contributed by atoms with Crippen LogP contribution >= 0.6 is 11.6 Å². The molecule has 0 spiro atoms. The van der Waals surface area contributed by atoms with Gasteiger partial charge in [-0.05, 0) is 56.5 Å². The van der Waals surface area contributed by atoms with Crippen LogP contribution in [-0.4, -0.2) is 40.1 Å². The number of rotatable bonds is 4. The van der Waals surface area contributed by atoms with Gasteiger partial charge >= 0.3 is 0 Å². The number of likely N-dealkylation sites (tertiary alicyclic amines) is 1. The van der Waals surface area contributed by atoms with E-state index in [-0.39, 0.29) is 17.9 Å². The van der Waals surface area contributed by atoms with Crippen molar-refractivity contribution in [2.24, 2.45) is 5.92 Å². The standard InChI is InChI=1S/C24H25ClN4O2/c1-16-13-17-7-2-5-11-21(17)29(16)24(30)18-8-6-12-28(14-18)15-22-26-23(27-31-22)19-9-3-4-10-20(19)25/h2-5,7,9-11,16,18H,6,8,12-15H2,1H3. The number of piperidine rings is 1. The second-order valence-corrected chi connectivity index (χ2v) is 8.86. The molecule has 3 aromatic rings.